The molecule has 0 aromatic carbocycles. The van der Waals surface area contributed by atoms with Crippen LogP contribution in [0.2, 0.25) is 0 Å². The van der Waals surface area contributed by atoms with Crippen molar-refractivity contribution in [1.82, 2.24) is 19.8 Å². The topological polar surface area (TPSA) is 79.2 Å². The highest BCUT2D eigenvalue weighted by molar-refractivity contribution is 7.03. The average Bonchev–Trinajstić information content (AvgIpc) is 2.74. The van der Waals surface area contributed by atoms with Crippen LogP contribution in [0.4, 0.5) is 11.6 Å². The summed E-state index contributed by atoms with van der Waals surface area (Å²) in [4.78, 5) is 0. The van der Waals surface area contributed by atoms with Gasteiger partial charge in [0.05, 0.1) is 5.38 Å². The fraction of sp³-hybridized carbons (Fsp3) is 0. The molecule has 0 bridgehead atoms. The summed E-state index contributed by atoms with van der Waals surface area (Å²) >= 11 is 1.23. The van der Waals surface area contributed by atoms with Gasteiger partial charge in [-0.2, -0.15) is 5.10 Å². The molecule has 2 aromatic rings. The molecule has 0 radical (unpaired) electrons. The summed E-state index contributed by atoms with van der Waals surface area (Å²) in [6, 6.07) is 1.71. The Labute approximate surface area is 71.5 Å². The van der Waals surface area contributed by atoms with Gasteiger partial charge in [0.15, 0.2) is 5.82 Å². The molecule has 0 aliphatic carbocycles. The maximum atomic E-state index is 3.80. The van der Waals surface area contributed by atoms with Gasteiger partial charge in [0.2, 0.25) is 5.82 Å². The number of nitrogens with one attached hydrogen (secondary N) is 1. The first-order valence-electron chi connectivity index (χ1n) is 3.14. The molecular weight excluding hydrogens is 176 g/mol. The number of hydrogen-bond donors (Lipinski definition) is 1. The Bertz CT molecular complexity index is 313. The monoisotopic (exact) mass is 180 g/mol. The molecule has 12 heavy (non-hydrogen) atoms. The van der Waals surface area contributed by atoms with Crippen LogP contribution < -0.4 is 0 Å². The largest absolute Gasteiger partial charge is 0.283 e. The Hall–Kier alpha value is -1.63. The van der Waals surface area contributed by atoms with Crippen LogP contribution in [0.5, 0.6) is 0 Å². The van der Waals surface area contributed by atoms with E-state index >= 15 is 0 Å². The molecule has 0 fully saturated rings. The minimum Gasteiger partial charge on any atom is -0.283 e. The van der Waals surface area contributed by atoms with Crippen LogP contribution in [0.1, 0.15) is 0 Å². The van der Waals surface area contributed by atoms with Gasteiger partial charge in [-0.15, -0.1) is 15.3 Å². The molecule has 7 heteroatoms. The summed E-state index contributed by atoms with van der Waals surface area (Å²) in [7, 11) is 0. The van der Waals surface area contributed by atoms with Crippen LogP contribution in [0.3, 0.4) is 0 Å². The molecule has 2 heterocycles. The molecule has 0 aliphatic rings. The smallest absolute Gasteiger partial charge is 0.208 e. The predicted octanol–water partition coefficient (Wildman–Crippen LogP) is 1.68. The van der Waals surface area contributed by atoms with Crippen molar-refractivity contribution >= 4 is 23.2 Å². The molecular formula is C5H4N6S. The Balaban J connectivity index is 2.14. The molecule has 0 saturated carbocycles. The van der Waals surface area contributed by atoms with Crippen molar-refractivity contribution < 1.29 is 0 Å². The van der Waals surface area contributed by atoms with Crippen molar-refractivity contribution in [3.05, 3.63) is 17.6 Å². The molecule has 0 amide bonds. The van der Waals surface area contributed by atoms with Crippen LogP contribution in [0.15, 0.2) is 27.9 Å². The number of aromatic nitrogens is 4. The first kappa shape index (κ1) is 7.04. The van der Waals surface area contributed by atoms with E-state index in [0.29, 0.717) is 11.6 Å². The lowest BCUT2D eigenvalue weighted by Crippen LogP contribution is -1.64. The minimum absolute atomic E-state index is 0.503. The van der Waals surface area contributed by atoms with E-state index in [1.54, 1.807) is 17.6 Å². The zero-order chi connectivity index (χ0) is 8.23. The molecule has 2 rings (SSSR count). The quantitative estimate of drug-likeness (QED) is 0.714. The Morgan fingerprint density at radius 2 is 2.25 bits per heavy atom. The van der Waals surface area contributed by atoms with Crippen LogP contribution in [-0.2, 0) is 0 Å². The Morgan fingerprint density at radius 3 is 2.92 bits per heavy atom. The molecule has 6 nitrogen and oxygen atoms in total. The molecule has 1 N–H and O–H groups in total. The summed E-state index contributed by atoms with van der Waals surface area (Å²) in [5.74, 6) is 1.03. The second-order valence-corrected chi connectivity index (χ2v) is 2.51. The first-order chi connectivity index (χ1) is 5.95. The standard InChI is InChI=1S/C5H4N6S/c1-2-6-7-4(1)8-9-5-3-12-11-10-5/h1-3H,(H,6,7). The van der Waals surface area contributed by atoms with Crippen molar-refractivity contribution in [2.24, 2.45) is 10.2 Å². The summed E-state index contributed by atoms with van der Waals surface area (Å²) < 4.78 is 3.63. The number of aromatic amines is 1. The zero-order valence-corrected chi connectivity index (χ0v) is 6.69. The van der Waals surface area contributed by atoms with Gasteiger partial charge < -0.3 is 0 Å². The molecule has 0 aliphatic heterocycles. The van der Waals surface area contributed by atoms with E-state index in [1.807, 2.05) is 0 Å². The maximum absolute atomic E-state index is 3.80. The fourth-order valence-corrected chi connectivity index (χ4v) is 0.980. The molecule has 2 aromatic heterocycles. The van der Waals surface area contributed by atoms with Gasteiger partial charge in [-0.05, 0) is 11.5 Å². The van der Waals surface area contributed by atoms with Gasteiger partial charge in [0.1, 0.15) is 0 Å². The SMILES string of the molecule is c1cc(N=Nc2csnn2)n[nH]1. The van der Waals surface area contributed by atoms with Gasteiger partial charge in [-0.25, -0.2) is 0 Å². The number of H-pyrrole nitrogens is 1. The van der Waals surface area contributed by atoms with E-state index < -0.39 is 0 Å². The van der Waals surface area contributed by atoms with Crippen molar-refractivity contribution in [3.63, 3.8) is 0 Å². The number of azo groups is 1. The lowest BCUT2D eigenvalue weighted by Gasteiger charge is -1.78. The summed E-state index contributed by atoms with van der Waals surface area (Å²) in [6.07, 6.45) is 1.67. The van der Waals surface area contributed by atoms with Crippen molar-refractivity contribution in [2.45, 2.75) is 0 Å². The third kappa shape index (κ3) is 1.51. The third-order valence-corrected chi connectivity index (χ3v) is 1.58. The summed E-state index contributed by atoms with van der Waals surface area (Å²) in [5.41, 5.74) is 0. The maximum Gasteiger partial charge on any atom is 0.208 e. The normalized spacial score (nSPS) is 11.0. The summed E-state index contributed by atoms with van der Waals surface area (Å²) in [5, 5.41) is 19.4. The van der Waals surface area contributed by atoms with Gasteiger partial charge >= 0.3 is 0 Å². The predicted molar refractivity (Wildman–Crippen MR) is 42.7 cm³/mol. The Kier molecular flexibility index (Phi) is 1.87. The lowest BCUT2D eigenvalue weighted by molar-refractivity contribution is 1.03. The van der Waals surface area contributed by atoms with Crippen LogP contribution in [0, 0.1) is 0 Å². The van der Waals surface area contributed by atoms with Gasteiger partial charge in [-0.1, -0.05) is 4.49 Å². The number of hydrogen-bond acceptors (Lipinski definition) is 6. The molecule has 0 atom stereocenters. The van der Waals surface area contributed by atoms with E-state index in [4.69, 9.17) is 0 Å². The highest BCUT2D eigenvalue weighted by Gasteiger charge is 1.92. The molecule has 0 unspecified atom stereocenters. The van der Waals surface area contributed by atoms with Gasteiger partial charge in [-0.3, -0.25) is 5.10 Å². The van der Waals surface area contributed by atoms with Crippen molar-refractivity contribution in [2.75, 3.05) is 0 Å². The minimum atomic E-state index is 0.503. The Morgan fingerprint density at radius 1 is 1.33 bits per heavy atom. The fourth-order valence-electron chi connectivity index (χ4n) is 0.614. The third-order valence-electron chi connectivity index (χ3n) is 1.09. The molecule has 60 valence electrons. The first-order valence-corrected chi connectivity index (χ1v) is 3.97. The average molecular weight is 180 g/mol. The van der Waals surface area contributed by atoms with Gasteiger partial charge in [0, 0.05) is 12.3 Å². The van der Waals surface area contributed by atoms with Crippen molar-refractivity contribution in [3.8, 4) is 0 Å². The van der Waals surface area contributed by atoms with Crippen molar-refractivity contribution in [1.29, 1.82) is 0 Å². The van der Waals surface area contributed by atoms with E-state index in [2.05, 4.69) is 30.0 Å². The van der Waals surface area contributed by atoms with E-state index in [0.717, 1.165) is 0 Å². The highest BCUT2D eigenvalue weighted by atomic mass is 32.1. The molecule has 0 spiro atoms. The lowest BCUT2D eigenvalue weighted by atomic mass is 10.7. The van der Waals surface area contributed by atoms with E-state index in [1.165, 1.54) is 11.5 Å². The number of rotatable bonds is 2. The summed E-state index contributed by atoms with van der Waals surface area (Å²) in [6.45, 7) is 0. The van der Waals surface area contributed by atoms with E-state index in [9.17, 15) is 0 Å². The van der Waals surface area contributed by atoms with Crippen LogP contribution >= 0.6 is 11.5 Å². The second kappa shape index (κ2) is 3.18. The van der Waals surface area contributed by atoms with Crippen LogP contribution in [-0.4, -0.2) is 19.8 Å². The zero-order valence-electron chi connectivity index (χ0n) is 5.88. The van der Waals surface area contributed by atoms with Crippen LogP contribution in [0.25, 0.3) is 0 Å². The second-order valence-electron chi connectivity index (χ2n) is 1.90. The van der Waals surface area contributed by atoms with Gasteiger partial charge in [0.25, 0.3) is 0 Å². The van der Waals surface area contributed by atoms with E-state index in [-0.39, 0.29) is 0 Å². The highest BCUT2D eigenvalue weighted by Crippen LogP contribution is 2.13. The number of nitrogens with zero attached hydrogens (tertiary/aromatic N) is 5. The molecule has 0 saturated heterocycles.